The summed E-state index contributed by atoms with van der Waals surface area (Å²) in [6, 6.07) is 0. The van der Waals surface area contributed by atoms with E-state index in [1.165, 1.54) is 154 Å². The van der Waals surface area contributed by atoms with Crippen LogP contribution >= 0.6 is 0 Å². The maximum absolute atomic E-state index is 12.9. The second-order valence-electron chi connectivity index (χ2n) is 19.9. The number of rotatable bonds is 54. The van der Waals surface area contributed by atoms with E-state index in [9.17, 15) is 14.4 Å². The number of ether oxygens (including phenoxy) is 3. The molecule has 0 fully saturated rings. The molecule has 0 N–H and O–H groups in total. The fraction of sp³-hybridized carbons (Fsp3) is 0.738. The minimum absolute atomic E-state index is 0.103. The predicted molar refractivity (Wildman–Crippen MR) is 307 cm³/mol. The fourth-order valence-corrected chi connectivity index (χ4v) is 8.32. The molecule has 0 amide bonds. The van der Waals surface area contributed by atoms with Crippen molar-refractivity contribution in [3.8, 4) is 0 Å². The largest absolute Gasteiger partial charge is 0.462 e. The first-order valence-corrected chi connectivity index (χ1v) is 30.1. The van der Waals surface area contributed by atoms with Crippen LogP contribution in [-0.4, -0.2) is 37.2 Å². The number of hydrogen-bond acceptors (Lipinski definition) is 6. The average molecular weight is 990 g/mol. The Labute approximate surface area is 439 Å². The molecule has 0 unspecified atom stereocenters. The highest BCUT2D eigenvalue weighted by Gasteiger charge is 2.19. The summed E-state index contributed by atoms with van der Waals surface area (Å²) in [4.78, 5) is 38.2. The van der Waals surface area contributed by atoms with Crippen molar-refractivity contribution in [1.29, 1.82) is 0 Å². The summed E-state index contributed by atoms with van der Waals surface area (Å²) in [6.07, 6.45) is 77.2. The van der Waals surface area contributed by atoms with Crippen molar-refractivity contribution in [3.05, 3.63) is 85.1 Å². The number of esters is 3. The predicted octanol–water partition coefficient (Wildman–Crippen LogP) is 20.3. The van der Waals surface area contributed by atoms with Gasteiger partial charge in [-0.1, -0.05) is 254 Å². The van der Waals surface area contributed by atoms with Crippen LogP contribution in [0.5, 0.6) is 0 Å². The summed E-state index contributed by atoms with van der Waals surface area (Å²) in [6.45, 7) is 6.55. The highest BCUT2D eigenvalue weighted by Crippen LogP contribution is 2.16. The molecule has 0 aliphatic heterocycles. The van der Waals surface area contributed by atoms with Crippen molar-refractivity contribution in [3.63, 3.8) is 0 Å². The SMILES string of the molecule is CCCCC/C=C\C/C=C\C/C=C\C/C=C\CCCCCC(=O)OC[C@@H](COC(=O)CCCC/C=C\C/C=C\C/C=C\CCCCC)OC(=O)CCCCCCCCCCCCCCCCCCCCC. The van der Waals surface area contributed by atoms with Crippen molar-refractivity contribution in [2.75, 3.05) is 13.2 Å². The second-order valence-corrected chi connectivity index (χ2v) is 19.9. The van der Waals surface area contributed by atoms with E-state index in [0.29, 0.717) is 19.3 Å². The number of carbonyl (C=O) groups excluding carboxylic acids is 3. The first-order valence-electron chi connectivity index (χ1n) is 30.1. The molecule has 0 saturated carbocycles. The molecule has 0 aromatic rings. The highest BCUT2D eigenvalue weighted by atomic mass is 16.6. The van der Waals surface area contributed by atoms with E-state index in [4.69, 9.17) is 14.2 Å². The first kappa shape index (κ1) is 67.6. The monoisotopic (exact) mass is 989 g/mol. The van der Waals surface area contributed by atoms with Crippen LogP contribution in [0.3, 0.4) is 0 Å². The standard InChI is InChI=1S/C65H112O6/c1-4-7-10-13-16-19-22-25-28-30-32-34-37-40-43-46-49-52-55-58-64(67)70-61-62(60-69-63(66)57-54-51-48-45-42-39-36-27-24-21-18-15-12-9-6-3)71-65(68)59-56-53-50-47-44-41-38-35-33-31-29-26-23-20-17-14-11-8-5-2/h16,18-19,21,25,27-28,32,34,36,40,42-43,45,62H,4-15,17,20,22-24,26,29-31,33,35,37-39,41,44,46-61H2,1-3H3/b19-16-,21-18-,28-25-,34-32-,36-27-,43-40-,45-42-/t62-/m1/s1. The van der Waals surface area contributed by atoms with Gasteiger partial charge in [-0.05, 0) is 103 Å². The van der Waals surface area contributed by atoms with E-state index in [-0.39, 0.29) is 31.1 Å². The zero-order valence-electron chi connectivity index (χ0n) is 46.7. The lowest BCUT2D eigenvalue weighted by Gasteiger charge is -2.18. The van der Waals surface area contributed by atoms with Gasteiger partial charge in [0.15, 0.2) is 6.10 Å². The molecular formula is C65H112O6. The Balaban J connectivity index is 4.46. The number of allylic oxidation sites excluding steroid dienone is 14. The topological polar surface area (TPSA) is 78.9 Å². The molecule has 0 aromatic carbocycles. The second kappa shape index (κ2) is 59.2. The Morgan fingerprint density at radius 3 is 0.845 bits per heavy atom. The summed E-state index contributed by atoms with van der Waals surface area (Å²) >= 11 is 0. The number of carbonyl (C=O) groups is 3. The molecule has 0 aromatic heterocycles. The third-order valence-electron chi connectivity index (χ3n) is 12.9. The molecule has 0 bridgehead atoms. The molecule has 6 nitrogen and oxygen atoms in total. The lowest BCUT2D eigenvalue weighted by atomic mass is 10.0. The van der Waals surface area contributed by atoms with Crippen LogP contribution < -0.4 is 0 Å². The third-order valence-corrected chi connectivity index (χ3v) is 12.9. The molecule has 408 valence electrons. The van der Waals surface area contributed by atoms with Crippen LogP contribution in [0.4, 0.5) is 0 Å². The first-order chi connectivity index (χ1) is 35.0. The minimum atomic E-state index is -0.805. The van der Waals surface area contributed by atoms with E-state index >= 15 is 0 Å². The van der Waals surface area contributed by atoms with E-state index in [1.54, 1.807) is 0 Å². The van der Waals surface area contributed by atoms with Gasteiger partial charge in [0.2, 0.25) is 0 Å². The van der Waals surface area contributed by atoms with Gasteiger partial charge in [0, 0.05) is 19.3 Å². The molecule has 0 aliphatic rings. The molecule has 1 atom stereocenters. The Hall–Kier alpha value is -3.41. The lowest BCUT2D eigenvalue weighted by molar-refractivity contribution is -0.167. The van der Waals surface area contributed by atoms with Gasteiger partial charge in [-0.3, -0.25) is 14.4 Å². The van der Waals surface area contributed by atoms with E-state index in [1.807, 2.05) is 0 Å². The Kier molecular flexibility index (Phi) is 56.3. The van der Waals surface area contributed by atoms with Crippen LogP contribution in [0.25, 0.3) is 0 Å². The van der Waals surface area contributed by atoms with Crippen LogP contribution in [-0.2, 0) is 28.6 Å². The van der Waals surface area contributed by atoms with Gasteiger partial charge in [0.05, 0.1) is 0 Å². The normalized spacial score (nSPS) is 12.7. The molecule has 0 aliphatic carbocycles. The molecule has 0 heterocycles. The van der Waals surface area contributed by atoms with Crippen molar-refractivity contribution in [1.82, 2.24) is 0 Å². The van der Waals surface area contributed by atoms with Gasteiger partial charge in [-0.25, -0.2) is 0 Å². The van der Waals surface area contributed by atoms with Gasteiger partial charge in [-0.15, -0.1) is 0 Å². The van der Waals surface area contributed by atoms with Crippen molar-refractivity contribution in [2.45, 2.75) is 297 Å². The van der Waals surface area contributed by atoms with E-state index in [2.05, 4.69) is 106 Å². The zero-order chi connectivity index (χ0) is 51.4. The minimum Gasteiger partial charge on any atom is -0.462 e. The summed E-state index contributed by atoms with van der Waals surface area (Å²) in [5.41, 5.74) is 0. The summed E-state index contributed by atoms with van der Waals surface area (Å²) in [5.74, 6) is -0.960. The van der Waals surface area contributed by atoms with E-state index in [0.717, 1.165) is 96.3 Å². The average Bonchev–Trinajstić information content (AvgIpc) is 3.37. The van der Waals surface area contributed by atoms with Crippen molar-refractivity contribution < 1.29 is 28.6 Å². The van der Waals surface area contributed by atoms with Gasteiger partial charge in [0.25, 0.3) is 0 Å². The van der Waals surface area contributed by atoms with Crippen molar-refractivity contribution >= 4 is 17.9 Å². The quantitative estimate of drug-likeness (QED) is 0.0261. The maximum atomic E-state index is 12.9. The van der Waals surface area contributed by atoms with Crippen LogP contribution in [0.2, 0.25) is 0 Å². The summed E-state index contributed by atoms with van der Waals surface area (Å²) in [7, 11) is 0. The Morgan fingerprint density at radius 2 is 0.507 bits per heavy atom. The smallest absolute Gasteiger partial charge is 0.306 e. The van der Waals surface area contributed by atoms with Gasteiger partial charge < -0.3 is 14.2 Å². The Morgan fingerprint density at radius 1 is 0.282 bits per heavy atom. The molecule has 0 saturated heterocycles. The van der Waals surface area contributed by atoms with Crippen LogP contribution in [0, 0.1) is 0 Å². The maximum Gasteiger partial charge on any atom is 0.306 e. The van der Waals surface area contributed by atoms with Crippen molar-refractivity contribution in [2.24, 2.45) is 0 Å². The molecule has 71 heavy (non-hydrogen) atoms. The highest BCUT2D eigenvalue weighted by molar-refractivity contribution is 5.71. The van der Waals surface area contributed by atoms with Gasteiger partial charge in [-0.2, -0.15) is 0 Å². The fourth-order valence-electron chi connectivity index (χ4n) is 8.32. The Bertz CT molecular complexity index is 1370. The zero-order valence-corrected chi connectivity index (χ0v) is 46.7. The molecule has 0 spiro atoms. The van der Waals surface area contributed by atoms with Crippen LogP contribution in [0.1, 0.15) is 290 Å². The lowest BCUT2D eigenvalue weighted by Crippen LogP contribution is -2.30. The van der Waals surface area contributed by atoms with E-state index < -0.39 is 6.10 Å². The molecule has 0 rings (SSSR count). The summed E-state index contributed by atoms with van der Waals surface area (Å²) < 4.78 is 16.8. The van der Waals surface area contributed by atoms with Gasteiger partial charge in [0.1, 0.15) is 13.2 Å². The number of hydrogen-bond donors (Lipinski definition) is 0. The number of unbranched alkanes of at least 4 members (excludes halogenated alkanes) is 29. The molecular weight excluding hydrogens is 877 g/mol. The van der Waals surface area contributed by atoms with Gasteiger partial charge >= 0.3 is 17.9 Å². The molecule has 0 radical (unpaired) electrons. The van der Waals surface area contributed by atoms with Crippen LogP contribution in [0.15, 0.2) is 85.1 Å². The summed E-state index contributed by atoms with van der Waals surface area (Å²) in [5, 5.41) is 0. The molecule has 6 heteroatoms. The third kappa shape index (κ3) is 57.4.